The lowest BCUT2D eigenvalue weighted by Crippen LogP contribution is -2.17. The number of ketones is 2. The Balaban J connectivity index is 2.07. The molecule has 7 nitrogen and oxygen atoms in total. The summed E-state index contributed by atoms with van der Waals surface area (Å²) in [5, 5.41) is 0. The van der Waals surface area contributed by atoms with Gasteiger partial charge in [-0.05, 0) is 32.9 Å². The van der Waals surface area contributed by atoms with Crippen LogP contribution >= 0.6 is 0 Å². The fourth-order valence-electron chi connectivity index (χ4n) is 2.85. The smallest absolute Gasteiger partial charge is 0.355 e. The van der Waals surface area contributed by atoms with Crippen molar-refractivity contribution in [3.63, 3.8) is 0 Å². The summed E-state index contributed by atoms with van der Waals surface area (Å²) >= 11 is 0. The zero-order chi connectivity index (χ0) is 19.4. The van der Waals surface area contributed by atoms with Gasteiger partial charge in [-0.3, -0.25) is 9.59 Å². The normalized spacial score (nSPS) is 10.8. The van der Waals surface area contributed by atoms with Gasteiger partial charge in [0.05, 0.1) is 6.61 Å². The molecule has 2 aromatic rings. The van der Waals surface area contributed by atoms with E-state index >= 15 is 0 Å². The van der Waals surface area contributed by atoms with E-state index in [9.17, 15) is 14.4 Å². The van der Waals surface area contributed by atoms with Crippen LogP contribution in [0.15, 0.2) is 18.3 Å². The summed E-state index contributed by atoms with van der Waals surface area (Å²) in [6.07, 6.45) is 1.56. The second kappa shape index (κ2) is 8.14. The highest BCUT2D eigenvalue weighted by Gasteiger charge is 2.20. The van der Waals surface area contributed by atoms with Crippen molar-refractivity contribution in [1.82, 2.24) is 9.13 Å². The highest BCUT2D eigenvalue weighted by atomic mass is 16.5. The molecule has 0 bridgehead atoms. The highest BCUT2D eigenvalue weighted by molar-refractivity contribution is 6.01. The van der Waals surface area contributed by atoms with E-state index in [-0.39, 0.29) is 23.9 Å². The van der Waals surface area contributed by atoms with Gasteiger partial charge in [-0.2, -0.15) is 0 Å². The highest BCUT2D eigenvalue weighted by Crippen LogP contribution is 2.16. The van der Waals surface area contributed by atoms with Crippen LogP contribution in [0, 0.1) is 13.8 Å². The number of carbonyl (C=O) groups is 3. The predicted molar refractivity (Wildman–Crippen MR) is 95.8 cm³/mol. The minimum Gasteiger partial charge on any atom is -0.453 e. The van der Waals surface area contributed by atoms with Gasteiger partial charge in [0.1, 0.15) is 5.69 Å². The van der Waals surface area contributed by atoms with Gasteiger partial charge in [-0.1, -0.05) is 0 Å². The first-order valence-corrected chi connectivity index (χ1v) is 8.29. The van der Waals surface area contributed by atoms with Gasteiger partial charge in [0.2, 0.25) is 5.78 Å². The third kappa shape index (κ3) is 4.11. The molecule has 2 aromatic heterocycles. The Morgan fingerprint density at radius 3 is 2.42 bits per heavy atom. The minimum absolute atomic E-state index is 0.140. The summed E-state index contributed by atoms with van der Waals surface area (Å²) in [6, 6.07) is 3.25. The molecular weight excluding hydrogens is 336 g/mol. The maximum Gasteiger partial charge on any atom is 0.355 e. The van der Waals surface area contributed by atoms with Gasteiger partial charge in [-0.25, -0.2) is 4.79 Å². The third-order valence-corrected chi connectivity index (χ3v) is 4.35. The largest absolute Gasteiger partial charge is 0.453 e. The first-order chi connectivity index (χ1) is 12.3. The lowest BCUT2D eigenvalue weighted by atomic mass is 10.1. The number of hydrogen-bond donors (Lipinski definition) is 0. The van der Waals surface area contributed by atoms with Gasteiger partial charge in [0.25, 0.3) is 0 Å². The molecule has 0 saturated heterocycles. The molecule has 0 unspecified atom stereocenters. The monoisotopic (exact) mass is 360 g/mol. The average Bonchev–Trinajstić information content (AvgIpc) is 3.11. The number of aromatic nitrogens is 2. The molecule has 0 atom stereocenters. The predicted octanol–water partition coefficient (Wildman–Crippen LogP) is 2.33. The van der Waals surface area contributed by atoms with Crippen LogP contribution in [-0.4, -0.2) is 47.0 Å². The van der Waals surface area contributed by atoms with Crippen molar-refractivity contribution in [3.05, 3.63) is 46.5 Å². The van der Waals surface area contributed by atoms with Crippen molar-refractivity contribution in [1.29, 1.82) is 0 Å². The Bertz CT molecular complexity index is 844. The second-order valence-electron chi connectivity index (χ2n) is 6.21. The van der Waals surface area contributed by atoms with E-state index in [1.807, 2.05) is 18.4 Å². The number of esters is 1. The first kappa shape index (κ1) is 19.7. The Hall–Kier alpha value is -2.67. The van der Waals surface area contributed by atoms with Crippen molar-refractivity contribution in [2.75, 3.05) is 20.3 Å². The third-order valence-electron chi connectivity index (χ3n) is 4.35. The number of carbonyl (C=O) groups excluding carboxylic acids is 3. The number of methoxy groups -OCH3 is 1. The molecule has 0 saturated carbocycles. The van der Waals surface area contributed by atoms with Crippen LogP contribution in [0.4, 0.5) is 0 Å². The molecule has 0 aliphatic carbocycles. The quantitative estimate of drug-likeness (QED) is 0.533. The summed E-state index contributed by atoms with van der Waals surface area (Å²) in [6.45, 7) is 6.04. The van der Waals surface area contributed by atoms with E-state index in [2.05, 4.69) is 0 Å². The molecule has 7 heteroatoms. The van der Waals surface area contributed by atoms with Crippen LogP contribution in [0.3, 0.4) is 0 Å². The molecule has 2 rings (SSSR count). The van der Waals surface area contributed by atoms with E-state index in [1.165, 1.54) is 17.6 Å². The lowest BCUT2D eigenvalue weighted by molar-refractivity contribution is 0.0465. The van der Waals surface area contributed by atoms with Crippen LogP contribution in [0.5, 0.6) is 0 Å². The van der Waals surface area contributed by atoms with E-state index in [0.717, 1.165) is 11.4 Å². The van der Waals surface area contributed by atoms with Crippen LogP contribution < -0.4 is 0 Å². The van der Waals surface area contributed by atoms with Crippen molar-refractivity contribution in [2.24, 2.45) is 7.05 Å². The van der Waals surface area contributed by atoms with Crippen LogP contribution in [0.2, 0.25) is 0 Å². The Morgan fingerprint density at radius 1 is 1.15 bits per heavy atom. The van der Waals surface area contributed by atoms with Gasteiger partial charge in [0, 0.05) is 49.4 Å². The molecular formula is C19H24N2O5. The maximum atomic E-state index is 12.5. The minimum atomic E-state index is -0.637. The summed E-state index contributed by atoms with van der Waals surface area (Å²) in [4.78, 5) is 36.1. The zero-order valence-corrected chi connectivity index (χ0v) is 15.8. The Kier molecular flexibility index (Phi) is 6.15. The number of hydrogen-bond acceptors (Lipinski definition) is 5. The molecule has 0 spiro atoms. The number of aryl methyl sites for hydroxylation is 2. The maximum absolute atomic E-state index is 12.5. The molecule has 0 fully saturated rings. The molecule has 2 heterocycles. The SMILES string of the molecule is COCCn1c(C)cc(C(=O)COC(=O)c2cc(C(C)=O)cn2C)c1C. The van der Waals surface area contributed by atoms with E-state index in [1.54, 1.807) is 26.4 Å². The van der Waals surface area contributed by atoms with E-state index < -0.39 is 5.97 Å². The first-order valence-electron chi connectivity index (χ1n) is 8.29. The fraction of sp³-hybridized carbons (Fsp3) is 0.421. The standard InChI is InChI=1S/C19H24N2O5/c1-12-8-16(13(2)21(12)6-7-25-5)18(23)11-26-19(24)17-9-15(14(3)22)10-20(17)4/h8-10H,6-7,11H2,1-5H3. The Morgan fingerprint density at radius 2 is 1.85 bits per heavy atom. The molecule has 0 aliphatic heterocycles. The van der Waals surface area contributed by atoms with E-state index in [0.29, 0.717) is 24.3 Å². The van der Waals surface area contributed by atoms with Crippen LogP contribution in [-0.2, 0) is 23.1 Å². The summed E-state index contributed by atoms with van der Waals surface area (Å²) in [5.41, 5.74) is 2.95. The van der Waals surface area contributed by atoms with Crippen LogP contribution in [0.25, 0.3) is 0 Å². The zero-order valence-electron chi connectivity index (χ0n) is 15.8. The topological polar surface area (TPSA) is 79.5 Å². The summed E-state index contributed by atoms with van der Waals surface area (Å²) in [7, 11) is 3.27. The molecule has 26 heavy (non-hydrogen) atoms. The molecule has 0 aliphatic rings. The molecule has 0 amide bonds. The van der Waals surface area contributed by atoms with E-state index in [4.69, 9.17) is 9.47 Å². The summed E-state index contributed by atoms with van der Waals surface area (Å²) in [5.74, 6) is -1.04. The molecule has 0 N–H and O–H groups in total. The number of Topliss-reactive ketones (excluding diaryl/α,β-unsaturated/α-hetero) is 2. The van der Waals surface area contributed by atoms with Crippen LogP contribution in [0.1, 0.15) is 49.5 Å². The number of rotatable bonds is 8. The van der Waals surface area contributed by atoms with Crippen molar-refractivity contribution in [2.45, 2.75) is 27.3 Å². The fourth-order valence-corrected chi connectivity index (χ4v) is 2.85. The average molecular weight is 360 g/mol. The number of nitrogens with zero attached hydrogens (tertiary/aromatic N) is 2. The number of ether oxygens (including phenoxy) is 2. The van der Waals surface area contributed by atoms with Gasteiger partial charge < -0.3 is 18.6 Å². The summed E-state index contributed by atoms with van der Waals surface area (Å²) < 4.78 is 13.7. The lowest BCUT2D eigenvalue weighted by Gasteiger charge is -2.09. The molecule has 140 valence electrons. The van der Waals surface area contributed by atoms with Gasteiger partial charge in [0.15, 0.2) is 12.4 Å². The van der Waals surface area contributed by atoms with Crippen molar-refractivity contribution >= 4 is 17.5 Å². The second-order valence-corrected chi connectivity index (χ2v) is 6.21. The van der Waals surface area contributed by atoms with Crippen molar-refractivity contribution in [3.8, 4) is 0 Å². The molecule has 0 radical (unpaired) electrons. The van der Waals surface area contributed by atoms with Gasteiger partial charge >= 0.3 is 5.97 Å². The van der Waals surface area contributed by atoms with Gasteiger partial charge in [-0.15, -0.1) is 0 Å². The van der Waals surface area contributed by atoms with Crippen molar-refractivity contribution < 1.29 is 23.9 Å². The molecule has 0 aromatic carbocycles. The Labute approximate surface area is 152 Å².